The van der Waals surface area contributed by atoms with Gasteiger partial charge in [-0.15, -0.1) is 0 Å². The van der Waals surface area contributed by atoms with Crippen LogP contribution in [0.3, 0.4) is 0 Å². The van der Waals surface area contributed by atoms with E-state index in [1.165, 1.54) is 12.1 Å². The number of hydrogen-bond acceptors (Lipinski definition) is 2. The molecule has 0 spiro atoms. The Labute approximate surface area is 115 Å². The first-order valence-corrected chi connectivity index (χ1v) is 6.69. The minimum atomic E-state index is -0.970. The molecular formula is C15H14ClFO2. The summed E-state index contributed by atoms with van der Waals surface area (Å²) in [5, 5.41) is 11.2. The van der Waals surface area contributed by atoms with Gasteiger partial charge in [-0.25, -0.2) is 4.39 Å². The highest BCUT2D eigenvalue weighted by Gasteiger charge is 2.36. The highest BCUT2D eigenvalue weighted by Crippen LogP contribution is 2.39. The van der Waals surface area contributed by atoms with Gasteiger partial charge >= 0.3 is 0 Å². The normalized spacial score (nSPS) is 22.3. The lowest BCUT2D eigenvalue weighted by Gasteiger charge is -2.32. The maximum atomic E-state index is 13.0. The molecule has 3 rings (SSSR count). The summed E-state index contributed by atoms with van der Waals surface area (Å²) in [6.45, 7) is 0. The highest BCUT2D eigenvalue weighted by molar-refractivity contribution is 6.31. The van der Waals surface area contributed by atoms with Crippen molar-refractivity contribution in [3.05, 3.63) is 58.3 Å². The average Bonchev–Trinajstić information content (AvgIpc) is 2.83. The van der Waals surface area contributed by atoms with Crippen molar-refractivity contribution in [2.75, 3.05) is 0 Å². The third kappa shape index (κ3) is 2.28. The first-order chi connectivity index (χ1) is 9.08. The molecule has 0 fully saturated rings. The van der Waals surface area contributed by atoms with Crippen LogP contribution < -0.4 is 0 Å². The van der Waals surface area contributed by atoms with Gasteiger partial charge in [0.25, 0.3) is 0 Å². The fourth-order valence-corrected chi connectivity index (χ4v) is 3.02. The molecule has 0 saturated carbocycles. The second-order valence-electron chi connectivity index (χ2n) is 5.06. The van der Waals surface area contributed by atoms with Crippen molar-refractivity contribution >= 4 is 11.6 Å². The minimum Gasteiger partial charge on any atom is -0.469 e. The van der Waals surface area contributed by atoms with E-state index in [9.17, 15) is 9.50 Å². The van der Waals surface area contributed by atoms with Crippen molar-refractivity contribution in [3.63, 3.8) is 0 Å². The van der Waals surface area contributed by atoms with Gasteiger partial charge in [-0.2, -0.15) is 0 Å². The van der Waals surface area contributed by atoms with Crippen molar-refractivity contribution in [1.82, 2.24) is 0 Å². The van der Waals surface area contributed by atoms with E-state index >= 15 is 0 Å². The summed E-state index contributed by atoms with van der Waals surface area (Å²) in [5.74, 6) is 0.473. The van der Waals surface area contributed by atoms with E-state index in [4.69, 9.17) is 16.0 Å². The quantitative estimate of drug-likeness (QED) is 0.907. The molecule has 0 saturated heterocycles. The summed E-state index contributed by atoms with van der Waals surface area (Å²) in [4.78, 5) is 0. The van der Waals surface area contributed by atoms with Crippen molar-refractivity contribution in [2.45, 2.75) is 31.3 Å². The topological polar surface area (TPSA) is 33.4 Å². The molecule has 1 unspecified atom stereocenters. The van der Waals surface area contributed by atoms with Gasteiger partial charge in [-0.1, -0.05) is 17.7 Å². The van der Waals surface area contributed by atoms with Crippen LogP contribution in [0.25, 0.3) is 0 Å². The van der Waals surface area contributed by atoms with Gasteiger partial charge in [0.1, 0.15) is 11.6 Å². The van der Waals surface area contributed by atoms with E-state index in [0.717, 1.165) is 29.7 Å². The molecule has 1 heterocycles. The number of halogens is 2. The Balaban J connectivity index is 1.95. The Morgan fingerprint density at radius 3 is 3.00 bits per heavy atom. The van der Waals surface area contributed by atoms with E-state index in [1.807, 2.05) is 6.07 Å². The number of fused-ring (bicyclic) bond motifs is 1. The van der Waals surface area contributed by atoms with Crippen molar-refractivity contribution < 1.29 is 13.9 Å². The Kier molecular flexibility index (Phi) is 3.11. The highest BCUT2D eigenvalue weighted by atomic mass is 35.5. The van der Waals surface area contributed by atoms with Gasteiger partial charge in [0.15, 0.2) is 0 Å². The number of aliphatic hydroxyl groups is 1. The molecule has 0 amide bonds. The van der Waals surface area contributed by atoms with E-state index < -0.39 is 5.60 Å². The lowest BCUT2D eigenvalue weighted by molar-refractivity contribution is 0.0168. The lowest BCUT2D eigenvalue weighted by Crippen LogP contribution is -2.32. The number of hydrogen-bond donors (Lipinski definition) is 1. The van der Waals surface area contributed by atoms with Crippen LogP contribution in [0.5, 0.6) is 0 Å². The number of aryl methyl sites for hydroxylation is 1. The van der Waals surface area contributed by atoms with E-state index in [-0.39, 0.29) is 5.82 Å². The molecular weight excluding hydrogens is 267 g/mol. The van der Waals surface area contributed by atoms with Crippen molar-refractivity contribution in [3.8, 4) is 0 Å². The first kappa shape index (κ1) is 12.7. The molecule has 1 N–H and O–H groups in total. The van der Waals surface area contributed by atoms with Gasteiger partial charge in [0.05, 0.1) is 11.9 Å². The fraction of sp³-hybridized carbons (Fsp3) is 0.333. The largest absolute Gasteiger partial charge is 0.469 e. The van der Waals surface area contributed by atoms with Crippen LogP contribution in [0.15, 0.2) is 34.9 Å². The lowest BCUT2D eigenvalue weighted by atomic mass is 9.79. The molecule has 2 nitrogen and oxygen atoms in total. The van der Waals surface area contributed by atoms with Gasteiger partial charge in [0.2, 0.25) is 0 Å². The van der Waals surface area contributed by atoms with Crippen LogP contribution in [-0.4, -0.2) is 5.11 Å². The molecule has 1 atom stereocenters. The van der Waals surface area contributed by atoms with Crippen LogP contribution >= 0.6 is 11.6 Å². The summed E-state index contributed by atoms with van der Waals surface area (Å²) >= 11 is 6.04. The third-order valence-corrected chi connectivity index (χ3v) is 4.09. The zero-order valence-electron chi connectivity index (χ0n) is 10.3. The SMILES string of the molecule is OC1(Cc2ccc(F)cc2Cl)CCCc2occc21. The summed E-state index contributed by atoms with van der Waals surface area (Å²) in [7, 11) is 0. The van der Waals surface area contributed by atoms with E-state index in [2.05, 4.69) is 0 Å². The van der Waals surface area contributed by atoms with E-state index in [1.54, 1.807) is 12.3 Å². The van der Waals surface area contributed by atoms with Crippen LogP contribution in [0.4, 0.5) is 4.39 Å². The number of benzene rings is 1. The summed E-state index contributed by atoms with van der Waals surface area (Å²) in [6, 6.07) is 6.08. The second kappa shape index (κ2) is 4.66. The predicted molar refractivity (Wildman–Crippen MR) is 70.7 cm³/mol. The van der Waals surface area contributed by atoms with Gasteiger partial charge in [-0.05, 0) is 36.6 Å². The molecule has 1 aromatic carbocycles. The molecule has 100 valence electrons. The predicted octanol–water partition coefficient (Wildman–Crippen LogP) is 3.84. The second-order valence-corrected chi connectivity index (χ2v) is 5.46. The molecule has 0 aliphatic heterocycles. The monoisotopic (exact) mass is 280 g/mol. The molecule has 1 aliphatic carbocycles. The Bertz CT molecular complexity index is 608. The molecule has 1 aliphatic rings. The van der Waals surface area contributed by atoms with Crippen LogP contribution in [0.2, 0.25) is 5.02 Å². The van der Waals surface area contributed by atoms with E-state index in [0.29, 0.717) is 17.9 Å². The third-order valence-electron chi connectivity index (χ3n) is 3.74. The molecule has 0 radical (unpaired) electrons. The molecule has 4 heteroatoms. The number of rotatable bonds is 2. The summed E-state index contributed by atoms with van der Waals surface area (Å²) in [5.41, 5.74) is 0.612. The van der Waals surface area contributed by atoms with Crippen molar-refractivity contribution in [2.24, 2.45) is 0 Å². The number of furan rings is 1. The standard InChI is InChI=1S/C15H14ClFO2/c16-13-8-11(17)4-3-10(13)9-15(18)6-1-2-14-12(15)5-7-19-14/h3-5,7-8,18H,1-2,6,9H2. The maximum absolute atomic E-state index is 13.0. The van der Waals surface area contributed by atoms with Crippen LogP contribution in [0, 0.1) is 5.82 Å². The molecule has 19 heavy (non-hydrogen) atoms. The van der Waals surface area contributed by atoms with Gasteiger partial charge < -0.3 is 9.52 Å². The average molecular weight is 281 g/mol. The van der Waals surface area contributed by atoms with Crippen LogP contribution in [-0.2, 0) is 18.4 Å². The zero-order valence-corrected chi connectivity index (χ0v) is 11.1. The van der Waals surface area contributed by atoms with Gasteiger partial charge in [0, 0.05) is 23.4 Å². The summed E-state index contributed by atoms with van der Waals surface area (Å²) in [6.07, 6.45) is 4.36. The molecule has 0 bridgehead atoms. The van der Waals surface area contributed by atoms with Gasteiger partial charge in [-0.3, -0.25) is 0 Å². The van der Waals surface area contributed by atoms with Crippen LogP contribution in [0.1, 0.15) is 29.7 Å². The smallest absolute Gasteiger partial charge is 0.124 e. The molecule has 1 aromatic heterocycles. The Morgan fingerprint density at radius 1 is 1.37 bits per heavy atom. The first-order valence-electron chi connectivity index (χ1n) is 6.32. The fourth-order valence-electron chi connectivity index (χ4n) is 2.79. The summed E-state index contributed by atoms with van der Waals surface area (Å²) < 4.78 is 18.4. The minimum absolute atomic E-state index is 0.351. The van der Waals surface area contributed by atoms with Crippen molar-refractivity contribution in [1.29, 1.82) is 0 Å². The molecule has 2 aromatic rings. The Morgan fingerprint density at radius 2 is 2.21 bits per heavy atom. The Hall–Kier alpha value is -1.32. The maximum Gasteiger partial charge on any atom is 0.124 e. The zero-order chi connectivity index (χ0) is 13.5.